The maximum absolute atomic E-state index is 12.6. The third-order valence-corrected chi connectivity index (χ3v) is 5.61. The Hall–Kier alpha value is -1.62. The van der Waals surface area contributed by atoms with Gasteiger partial charge in [-0.15, -0.1) is 11.3 Å². The summed E-state index contributed by atoms with van der Waals surface area (Å²) in [7, 11) is 3.80. The van der Waals surface area contributed by atoms with E-state index in [0.29, 0.717) is 0 Å². The van der Waals surface area contributed by atoms with Crippen molar-refractivity contribution in [2.75, 3.05) is 13.6 Å². The lowest BCUT2D eigenvalue weighted by atomic mass is 9.90. The van der Waals surface area contributed by atoms with Gasteiger partial charge in [0.15, 0.2) is 0 Å². The van der Waals surface area contributed by atoms with Gasteiger partial charge >= 0.3 is 0 Å². The Balaban J connectivity index is 1.63. The molecule has 118 valence electrons. The molecule has 1 amide bonds. The number of rotatable bonds is 4. The first kappa shape index (κ1) is 15.3. The molecule has 0 fully saturated rings. The van der Waals surface area contributed by atoms with Crippen LogP contribution >= 0.6 is 11.3 Å². The number of thiophene rings is 1. The zero-order chi connectivity index (χ0) is 15.7. The number of nitrogens with zero attached hydrogens (tertiary/aromatic N) is 3. The monoisotopic (exact) mass is 317 g/mol. The first-order valence-corrected chi connectivity index (χ1v) is 8.69. The molecule has 1 atom stereocenters. The minimum atomic E-state index is 0.149. The van der Waals surface area contributed by atoms with Crippen LogP contribution in [-0.4, -0.2) is 34.2 Å². The lowest BCUT2D eigenvalue weighted by Crippen LogP contribution is -2.28. The first-order chi connectivity index (χ1) is 10.5. The molecule has 22 heavy (non-hydrogen) atoms. The lowest BCUT2D eigenvalue weighted by molar-refractivity contribution is 0.0801. The first-order valence-electron chi connectivity index (χ1n) is 7.87. The zero-order valence-corrected chi connectivity index (χ0v) is 14.3. The van der Waals surface area contributed by atoms with Crippen molar-refractivity contribution in [3.05, 3.63) is 39.3 Å². The molecular formula is C17H23N3OS. The summed E-state index contributed by atoms with van der Waals surface area (Å²) < 4.78 is 1.80. The maximum atomic E-state index is 12.6. The van der Waals surface area contributed by atoms with Crippen LogP contribution < -0.4 is 0 Å². The van der Waals surface area contributed by atoms with Gasteiger partial charge in [0.05, 0.1) is 11.1 Å². The van der Waals surface area contributed by atoms with Crippen molar-refractivity contribution in [1.82, 2.24) is 14.7 Å². The summed E-state index contributed by atoms with van der Waals surface area (Å²) in [5.74, 6) is 0.893. The summed E-state index contributed by atoms with van der Waals surface area (Å²) in [6, 6.07) is 2.12. The Morgan fingerprint density at radius 2 is 2.36 bits per heavy atom. The number of hydrogen-bond donors (Lipinski definition) is 0. The average Bonchev–Trinajstić information content (AvgIpc) is 3.09. The smallest absolute Gasteiger partial charge is 0.263 e. The van der Waals surface area contributed by atoms with E-state index in [1.165, 1.54) is 22.4 Å². The summed E-state index contributed by atoms with van der Waals surface area (Å²) in [5.41, 5.74) is 2.56. The molecule has 0 saturated heterocycles. The van der Waals surface area contributed by atoms with Crippen molar-refractivity contribution in [2.24, 2.45) is 13.0 Å². The number of amides is 1. The molecule has 0 saturated carbocycles. The van der Waals surface area contributed by atoms with Crippen LogP contribution in [0.25, 0.3) is 0 Å². The molecule has 0 spiro atoms. The molecule has 0 bridgehead atoms. The Morgan fingerprint density at radius 1 is 1.55 bits per heavy atom. The van der Waals surface area contributed by atoms with Crippen molar-refractivity contribution in [2.45, 2.75) is 32.6 Å². The Morgan fingerprint density at radius 3 is 3.09 bits per heavy atom. The fourth-order valence-electron chi connectivity index (χ4n) is 3.00. The number of aryl methyl sites for hydroxylation is 2. The predicted octanol–water partition coefficient (Wildman–Crippen LogP) is 2.92. The quantitative estimate of drug-likeness (QED) is 0.869. The van der Waals surface area contributed by atoms with Crippen LogP contribution in [0, 0.1) is 5.92 Å². The predicted molar refractivity (Wildman–Crippen MR) is 89.4 cm³/mol. The van der Waals surface area contributed by atoms with Crippen LogP contribution in [0.1, 0.15) is 39.0 Å². The van der Waals surface area contributed by atoms with Gasteiger partial charge in [0.2, 0.25) is 0 Å². The van der Waals surface area contributed by atoms with Gasteiger partial charge < -0.3 is 4.90 Å². The number of carbonyl (C=O) groups excluding carboxylic acids is 1. The van der Waals surface area contributed by atoms with Gasteiger partial charge in [0.1, 0.15) is 0 Å². The van der Waals surface area contributed by atoms with E-state index in [9.17, 15) is 4.79 Å². The molecular weight excluding hydrogens is 294 g/mol. The molecule has 0 aliphatic heterocycles. The van der Waals surface area contributed by atoms with E-state index in [0.717, 1.165) is 36.6 Å². The Labute approximate surface area is 135 Å². The summed E-state index contributed by atoms with van der Waals surface area (Å²) in [6.45, 7) is 3.02. The molecule has 2 heterocycles. The van der Waals surface area contributed by atoms with E-state index in [1.54, 1.807) is 16.0 Å². The van der Waals surface area contributed by atoms with Gasteiger partial charge in [-0.2, -0.15) is 5.10 Å². The van der Waals surface area contributed by atoms with E-state index in [2.05, 4.69) is 18.1 Å². The summed E-state index contributed by atoms with van der Waals surface area (Å²) in [5, 5.41) is 4.16. The van der Waals surface area contributed by atoms with Crippen LogP contribution in [0.2, 0.25) is 0 Å². The third-order valence-electron chi connectivity index (χ3n) is 4.38. The summed E-state index contributed by atoms with van der Waals surface area (Å²) >= 11 is 1.69. The molecule has 4 nitrogen and oxygen atoms in total. The molecule has 2 aromatic rings. The number of fused-ring (bicyclic) bond motifs is 1. The van der Waals surface area contributed by atoms with Crippen LogP contribution in [0.4, 0.5) is 0 Å². The zero-order valence-electron chi connectivity index (χ0n) is 13.5. The molecule has 1 aliphatic rings. The summed E-state index contributed by atoms with van der Waals surface area (Å²) in [4.78, 5) is 16.7. The van der Waals surface area contributed by atoms with Gasteiger partial charge in [-0.05, 0) is 48.8 Å². The standard InChI is InChI=1S/C17H23N3OS/c1-12-4-5-15-14(8-12)9-16(22-15)17(21)19(2)7-6-13-10-18-20(3)11-13/h9-12H,4-8H2,1-3H3. The van der Waals surface area contributed by atoms with Crippen LogP contribution in [0.5, 0.6) is 0 Å². The van der Waals surface area contributed by atoms with E-state index in [-0.39, 0.29) is 5.91 Å². The van der Waals surface area contributed by atoms with Crippen molar-refractivity contribution >= 4 is 17.2 Å². The highest BCUT2D eigenvalue weighted by molar-refractivity contribution is 7.14. The lowest BCUT2D eigenvalue weighted by Gasteiger charge is -2.16. The second-order valence-corrected chi connectivity index (χ2v) is 7.54. The number of aromatic nitrogens is 2. The third kappa shape index (κ3) is 3.24. The summed E-state index contributed by atoms with van der Waals surface area (Å²) in [6.07, 6.45) is 8.22. The van der Waals surface area contributed by atoms with Gasteiger partial charge in [-0.25, -0.2) is 0 Å². The molecule has 5 heteroatoms. The second kappa shape index (κ2) is 6.24. The Bertz CT molecular complexity index is 673. The van der Waals surface area contributed by atoms with Crippen LogP contribution in [0.3, 0.4) is 0 Å². The molecule has 0 N–H and O–H groups in total. The van der Waals surface area contributed by atoms with Gasteiger partial charge in [-0.1, -0.05) is 6.92 Å². The minimum Gasteiger partial charge on any atom is -0.341 e. The minimum absolute atomic E-state index is 0.149. The average molecular weight is 317 g/mol. The molecule has 2 aromatic heterocycles. The highest BCUT2D eigenvalue weighted by Crippen LogP contribution is 2.32. The van der Waals surface area contributed by atoms with E-state index in [1.807, 2.05) is 31.4 Å². The van der Waals surface area contributed by atoms with E-state index >= 15 is 0 Å². The van der Waals surface area contributed by atoms with Gasteiger partial charge in [0.25, 0.3) is 5.91 Å². The number of likely N-dealkylation sites (N-methyl/N-ethyl adjacent to an activating group) is 1. The van der Waals surface area contributed by atoms with Gasteiger partial charge in [-0.3, -0.25) is 9.48 Å². The van der Waals surface area contributed by atoms with Crippen LogP contribution in [0.15, 0.2) is 18.5 Å². The van der Waals surface area contributed by atoms with E-state index < -0.39 is 0 Å². The largest absolute Gasteiger partial charge is 0.341 e. The van der Waals surface area contributed by atoms with Crippen LogP contribution in [-0.2, 0) is 26.3 Å². The number of carbonyl (C=O) groups is 1. The van der Waals surface area contributed by atoms with E-state index in [4.69, 9.17) is 0 Å². The Kier molecular flexibility index (Phi) is 4.34. The molecule has 0 radical (unpaired) electrons. The fourth-order valence-corrected chi connectivity index (χ4v) is 4.20. The molecule has 0 aromatic carbocycles. The fraction of sp³-hybridized carbons (Fsp3) is 0.529. The highest BCUT2D eigenvalue weighted by atomic mass is 32.1. The normalized spacial score (nSPS) is 17.3. The van der Waals surface area contributed by atoms with Gasteiger partial charge in [0, 0.05) is 31.7 Å². The van der Waals surface area contributed by atoms with Crippen molar-refractivity contribution in [1.29, 1.82) is 0 Å². The van der Waals surface area contributed by atoms with Crippen molar-refractivity contribution < 1.29 is 4.79 Å². The molecule has 3 rings (SSSR count). The van der Waals surface area contributed by atoms with Crippen molar-refractivity contribution in [3.63, 3.8) is 0 Å². The highest BCUT2D eigenvalue weighted by Gasteiger charge is 2.22. The second-order valence-electron chi connectivity index (χ2n) is 6.41. The topological polar surface area (TPSA) is 38.1 Å². The van der Waals surface area contributed by atoms with Crippen molar-refractivity contribution in [3.8, 4) is 0 Å². The molecule has 1 aliphatic carbocycles. The SMILES string of the molecule is CC1CCc2sc(C(=O)N(C)CCc3cnn(C)c3)cc2C1. The number of hydrogen-bond acceptors (Lipinski definition) is 3. The maximum Gasteiger partial charge on any atom is 0.263 e. The molecule has 1 unspecified atom stereocenters.